The third kappa shape index (κ3) is 4.30. The second-order valence-corrected chi connectivity index (χ2v) is 7.15. The quantitative estimate of drug-likeness (QED) is 0.871. The highest BCUT2D eigenvalue weighted by Crippen LogP contribution is 2.35. The van der Waals surface area contributed by atoms with Gasteiger partial charge in [0.05, 0.1) is 12.2 Å². The van der Waals surface area contributed by atoms with E-state index in [1.165, 1.54) is 12.1 Å². The first-order valence-corrected chi connectivity index (χ1v) is 8.29. The van der Waals surface area contributed by atoms with Crippen LogP contribution in [0.15, 0.2) is 24.3 Å². The second-order valence-electron chi connectivity index (χ2n) is 7.15. The molecule has 7 heteroatoms. The van der Waals surface area contributed by atoms with Crippen LogP contribution < -0.4 is 4.74 Å². The molecular weight excluding hydrogens is 328 g/mol. The monoisotopic (exact) mass is 352 g/mol. The van der Waals surface area contributed by atoms with E-state index in [4.69, 9.17) is 28.8 Å². The number of ether oxygens (including phenoxy) is 5. The molecule has 2 aliphatic heterocycles. The van der Waals surface area contributed by atoms with Crippen LogP contribution in [0.4, 0.5) is 0 Å². The van der Waals surface area contributed by atoms with E-state index in [1.807, 2.05) is 27.7 Å². The van der Waals surface area contributed by atoms with Gasteiger partial charge in [0.2, 0.25) is 0 Å². The predicted octanol–water partition coefficient (Wildman–Crippen LogP) is 2.44. The number of benzene rings is 1. The molecule has 0 aliphatic carbocycles. The highest BCUT2D eigenvalue weighted by atomic mass is 16.8. The summed E-state index contributed by atoms with van der Waals surface area (Å²) in [5, 5.41) is 8.93. The largest absolute Gasteiger partial charge is 0.491 e. The average molecular weight is 352 g/mol. The SMILES string of the molecule is CC1(C)OC[C@H]([C@H]2OC(C)(C)O[C@@H]2COc2ccc(C(=O)O)cc2)O1. The number of hydrogen-bond acceptors (Lipinski definition) is 6. The van der Waals surface area contributed by atoms with Crippen LogP contribution in [0.25, 0.3) is 0 Å². The maximum absolute atomic E-state index is 10.9. The Morgan fingerprint density at radius 3 is 2.36 bits per heavy atom. The van der Waals surface area contributed by atoms with Gasteiger partial charge >= 0.3 is 5.97 Å². The summed E-state index contributed by atoms with van der Waals surface area (Å²) in [5.74, 6) is -1.77. The summed E-state index contributed by atoms with van der Waals surface area (Å²) in [4.78, 5) is 10.9. The Morgan fingerprint density at radius 1 is 1.12 bits per heavy atom. The van der Waals surface area contributed by atoms with Gasteiger partial charge in [-0.1, -0.05) is 0 Å². The van der Waals surface area contributed by atoms with E-state index in [1.54, 1.807) is 12.1 Å². The molecule has 1 aromatic carbocycles. The molecule has 7 nitrogen and oxygen atoms in total. The number of carboxylic acid groups (broad SMARTS) is 1. The highest BCUT2D eigenvalue weighted by Gasteiger charge is 2.49. The summed E-state index contributed by atoms with van der Waals surface area (Å²) in [7, 11) is 0. The number of carbonyl (C=O) groups is 1. The molecule has 3 rings (SSSR count). The van der Waals surface area contributed by atoms with Gasteiger partial charge in [-0.3, -0.25) is 0 Å². The molecule has 1 aromatic rings. The van der Waals surface area contributed by atoms with Crippen molar-refractivity contribution >= 4 is 5.97 Å². The fraction of sp³-hybridized carbons (Fsp3) is 0.611. The minimum Gasteiger partial charge on any atom is -0.491 e. The zero-order valence-corrected chi connectivity index (χ0v) is 14.9. The summed E-state index contributed by atoms with van der Waals surface area (Å²) < 4.78 is 29.2. The van der Waals surface area contributed by atoms with Crippen molar-refractivity contribution in [2.75, 3.05) is 13.2 Å². The second kappa shape index (κ2) is 6.57. The van der Waals surface area contributed by atoms with Crippen LogP contribution in [0.2, 0.25) is 0 Å². The average Bonchev–Trinajstić information content (AvgIpc) is 3.04. The molecule has 0 bridgehead atoms. The summed E-state index contributed by atoms with van der Waals surface area (Å²) in [6.45, 7) is 8.12. The highest BCUT2D eigenvalue weighted by molar-refractivity contribution is 5.87. The summed E-state index contributed by atoms with van der Waals surface area (Å²) in [6, 6.07) is 6.25. The smallest absolute Gasteiger partial charge is 0.335 e. The van der Waals surface area contributed by atoms with Crippen molar-refractivity contribution in [3.8, 4) is 5.75 Å². The van der Waals surface area contributed by atoms with Gasteiger partial charge in [-0.15, -0.1) is 0 Å². The predicted molar refractivity (Wildman–Crippen MR) is 87.6 cm³/mol. The van der Waals surface area contributed by atoms with Crippen LogP contribution in [0.3, 0.4) is 0 Å². The van der Waals surface area contributed by atoms with Gasteiger partial charge in [0.15, 0.2) is 11.6 Å². The number of aromatic carboxylic acids is 1. The van der Waals surface area contributed by atoms with Crippen LogP contribution in [-0.4, -0.2) is 54.2 Å². The van der Waals surface area contributed by atoms with Crippen molar-refractivity contribution in [2.45, 2.75) is 57.6 Å². The Kier molecular flexibility index (Phi) is 4.76. The van der Waals surface area contributed by atoms with Crippen molar-refractivity contribution < 1.29 is 33.6 Å². The van der Waals surface area contributed by atoms with E-state index < -0.39 is 17.5 Å². The van der Waals surface area contributed by atoms with Crippen LogP contribution in [0, 0.1) is 0 Å². The molecule has 25 heavy (non-hydrogen) atoms. The topological polar surface area (TPSA) is 83.5 Å². The number of carboxylic acids is 1. The molecule has 2 aliphatic rings. The van der Waals surface area contributed by atoms with Crippen LogP contribution >= 0.6 is 0 Å². The third-order valence-electron chi connectivity index (χ3n) is 4.13. The van der Waals surface area contributed by atoms with Crippen molar-refractivity contribution in [3.63, 3.8) is 0 Å². The van der Waals surface area contributed by atoms with E-state index in [-0.39, 0.29) is 30.5 Å². The maximum atomic E-state index is 10.9. The third-order valence-corrected chi connectivity index (χ3v) is 4.13. The lowest BCUT2D eigenvalue weighted by Crippen LogP contribution is -2.40. The first kappa shape index (κ1) is 18.1. The van der Waals surface area contributed by atoms with E-state index in [0.717, 1.165) is 0 Å². The maximum Gasteiger partial charge on any atom is 0.335 e. The van der Waals surface area contributed by atoms with Gasteiger partial charge in [0.1, 0.15) is 30.7 Å². The van der Waals surface area contributed by atoms with Crippen molar-refractivity contribution in [2.24, 2.45) is 0 Å². The molecule has 0 amide bonds. The van der Waals surface area contributed by atoms with Crippen molar-refractivity contribution in [1.82, 2.24) is 0 Å². The molecule has 1 N–H and O–H groups in total. The van der Waals surface area contributed by atoms with Crippen LogP contribution in [0.5, 0.6) is 5.75 Å². The lowest BCUT2D eigenvalue weighted by Gasteiger charge is -2.23. The molecule has 0 radical (unpaired) electrons. The fourth-order valence-corrected chi connectivity index (χ4v) is 3.06. The van der Waals surface area contributed by atoms with E-state index in [0.29, 0.717) is 12.4 Å². The minimum atomic E-state index is -0.970. The van der Waals surface area contributed by atoms with Gasteiger partial charge in [-0.25, -0.2) is 4.79 Å². The Hall–Kier alpha value is -1.67. The molecule has 2 saturated heterocycles. The minimum absolute atomic E-state index is 0.213. The molecule has 0 saturated carbocycles. The molecule has 138 valence electrons. The van der Waals surface area contributed by atoms with Crippen LogP contribution in [0.1, 0.15) is 38.1 Å². The Balaban J connectivity index is 1.64. The van der Waals surface area contributed by atoms with Gasteiger partial charge in [-0.2, -0.15) is 0 Å². The zero-order chi connectivity index (χ0) is 18.2. The van der Waals surface area contributed by atoms with E-state index in [9.17, 15) is 4.79 Å². The summed E-state index contributed by atoms with van der Waals surface area (Å²) in [6.07, 6.45) is -0.869. The van der Waals surface area contributed by atoms with Gasteiger partial charge in [-0.05, 0) is 52.0 Å². The normalized spacial score (nSPS) is 30.3. The Morgan fingerprint density at radius 2 is 1.80 bits per heavy atom. The Bertz CT molecular complexity index is 623. The Labute approximate surface area is 146 Å². The van der Waals surface area contributed by atoms with Gasteiger partial charge in [0.25, 0.3) is 0 Å². The first-order valence-electron chi connectivity index (χ1n) is 8.29. The molecule has 0 unspecified atom stereocenters. The van der Waals surface area contributed by atoms with Crippen LogP contribution in [-0.2, 0) is 18.9 Å². The lowest BCUT2D eigenvalue weighted by atomic mass is 10.1. The molecule has 3 atom stereocenters. The summed E-state index contributed by atoms with van der Waals surface area (Å²) >= 11 is 0. The number of hydrogen-bond donors (Lipinski definition) is 1. The summed E-state index contributed by atoms with van der Waals surface area (Å²) in [5.41, 5.74) is 0.213. The standard InChI is InChI=1S/C18H24O7/c1-17(2)22-10-14(23-17)15-13(24-18(3,4)25-15)9-21-12-7-5-11(6-8-12)16(19)20/h5-8,13-15H,9-10H2,1-4H3,(H,19,20)/t13-,14-,15+/m1/s1. The van der Waals surface area contributed by atoms with Crippen molar-refractivity contribution in [3.05, 3.63) is 29.8 Å². The van der Waals surface area contributed by atoms with E-state index >= 15 is 0 Å². The van der Waals surface area contributed by atoms with E-state index in [2.05, 4.69) is 0 Å². The van der Waals surface area contributed by atoms with Gasteiger partial charge < -0.3 is 28.8 Å². The molecule has 0 aromatic heterocycles. The molecule has 2 heterocycles. The molecular formula is C18H24O7. The first-order chi connectivity index (χ1) is 11.7. The fourth-order valence-electron chi connectivity index (χ4n) is 3.06. The molecule has 0 spiro atoms. The molecule has 2 fully saturated rings. The van der Waals surface area contributed by atoms with Crippen molar-refractivity contribution in [1.29, 1.82) is 0 Å². The number of rotatable bonds is 5. The lowest BCUT2D eigenvalue weighted by molar-refractivity contribution is -0.174. The van der Waals surface area contributed by atoms with Gasteiger partial charge in [0, 0.05) is 0 Å². The zero-order valence-electron chi connectivity index (χ0n) is 14.9.